The van der Waals surface area contributed by atoms with Gasteiger partial charge in [0.15, 0.2) is 21.7 Å². The third kappa shape index (κ3) is 4.41. The monoisotopic (exact) mass is 521 g/mol. The van der Waals surface area contributed by atoms with Gasteiger partial charge < -0.3 is 14.8 Å². The molecule has 4 aliphatic heterocycles. The van der Waals surface area contributed by atoms with Gasteiger partial charge in [0, 0.05) is 18.8 Å². The minimum Gasteiger partial charge on any atom is -0.346 e. The van der Waals surface area contributed by atoms with E-state index in [9.17, 15) is 13.2 Å². The maximum atomic E-state index is 12.9. The quantitative estimate of drug-likeness (QED) is 0.513. The summed E-state index contributed by atoms with van der Waals surface area (Å²) in [5.41, 5.74) is -0.280. The van der Waals surface area contributed by atoms with Crippen LogP contribution in [0.1, 0.15) is 72.6 Å². The fraction of sp³-hybridized carbons (Fsp3) is 0.741. The summed E-state index contributed by atoms with van der Waals surface area (Å²) in [5.74, 6) is 0.173. The first kappa shape index (κ1) is 26.1. The van der Waals surface area contributed by atoms with E-state index in [0.29, 0.717) is 30.4 Å². The third-order valence-corrected chi connectivity index (χ3v) is 10.9. The zero-order valence-corrected chi connectivity index (χ0v) is 22.5. The normalized spacial score (nSPS) is 39.8. The summed E-state index contributed by atoms with van der Waals surface area (Å²) in [6.07, 6.45) is 4.43. The third-order valence-electron chi connectivity index (χ3n) is 8.92. The second-order valence-corrected chi connectivity index (χ2v) is 13.4. The van der Waals surface area contributed by atoms with Crippen LogP contribution in [-0.4, -0.2) is 43.9 Å². The highest BCUT2D eigenvalue weighted by Crippen LogP contribution is 2.60. The Balaban J connectivity index is 1.30. The van der Waals surface area contributed by atoms with Gasteiger partial charge in [0.2, 0.25) is 11.7 Å². The van der Waals surface area contributed by atoms with Crippen molar-refractivity contribution in [2.45, 2.75) is 101 Å². The standard InChI is InChI=1S/C27H39NO7S/c1-5-16-36(30,31)23-9-7-6-8-21(23)28-24(29)13-12-22-18(3)20-11-10-17(2)19-14-15-26(4)33-25(32-22)27(19,20)35-34-26/h6-9,17-20,22,25H,5,10-16H2,1-4H3,(H,28,29)/t17-,18-,19+,20+,22-,25-,26+,27-/m1/s1. The van der Waals surface area contributed by atoms with Gasteiger partial charge in [-0.1, -0.05) is 32.9 Å². The van der Waals surface area contributed by atoms with Gasteiger partial charge >= 0.3 is 0 Å². The number of hydrogen-bond acceptors (Lipinski definition) is 7. The van der Waals surface area contributed by atoms with Crippen LogP contribution in [0.15, 0.2) is 29.2 Å². The maximum absolute atomic E-state index is 12.9. The molecule has 8 nitrogen and oxygen atoms in total. The fourth-order valence-electron chi connectivity index (χ4n) is 7.01. The molecule has 0 aromatic heterocycles. The van der Waals surface area contributed by atoms with Gasteiger partial charge in [0.25, 0.3) is 0 Å². The maximum Gasteiger partial charge on any atom is 0.224 e. The van der Waals surface area contributed by atoms with E-state index in [4.69, 9.17) is 19.2 Å². The molecule has 4 heterocycles. The van der Waals surface area contributed by atoms with E-state index in [-0.39, 0.29) is 40.9 Å². The molecule has 0 unspecified atom stereocenters. The zero-order chi connectivity index (χ0) is 25.7. The van der Waals surface area contributed by atoms with Crippen molar-refractivity contribution in [3.63, 3.8) is 0 Å². The Morgan fingerprint density at radius 3 is 2.67 bits per heavy atom. The van der Waals surface area contributed by atoms with Crippen molar-refractivity contribution < 1.29 is 32.5 Å². The topological polar surface area (TPSA) is 100 Å². The van der Waals surface area contributed by atoms with Gasteiger partial charge in [-0.15, -0.1) is 0 Å². The molecule has 200 valence electrons. The van der Waals surface area contributed by atoms with Crippen LogP contribution in [0.4, 0.5) is 5.69 Å². The lowest BCUT2D eigenvalue weighted by molar-refractivity contribution is -0.571. The molecule has 5 fully saturated rings. The molecule has 4 saturated heterocycles. The minimum atomic E-state index is -3.45. The van der Waals surface area contributed by atoms with Gasteiger partial charge in [-0.05, 0) is 68.9 Å². The number of nitrogens with one attached hydrogen (secondary N) is 1. The van der Waals surface area contributed by atoms with E-state index in [2.05, 4.69) is 19.2 Å². The lowest BCUT2D eigenvalue weighted by atomic mass is 9.57. The number of carbonyl (C=O) groups is 1. The molecule has 1 aliphatic carbocycles. The molecule has 6 rings (SSSR count). The Morgan fingerprint density at radius 1 is 1.11 bits per heavy atom. The van der Waals surface area contributed by atoms with Crippen molar-refractivity contribution in [2.75, 3.05) is 11.1 Å². The number of rotatable bonds is 7. The molecule has 1 aromatic carbocycles. The van der Waals surface area contributed by atoms with E-state index >= 15 is 0 Å². The minimum absolute atomic E-state index is 0.0438. The number of para-hydroxylation sites is 1. The highest BCUT2D eigenvalue weighted by atomic mass is 32.2. The van der Waals surface area contributed by atoms with Crippen LogP contribution >= 0.6 is 0 Å². The molecule has 8 atom stereocenters. The van der Waals surface area contributed by atoms with Crippen LogP contribution < -0.4 is 5.32 Å². The summed E-state index contributed by atoms with van der Waals surface area (Å²) in [6, 6.07) is 6.60. The smallest absolute Gasteiger partial charge is 0.224 e. The van der Waals surface area contributed by atoms with Crippen molar-refractivity contribution in [3.05, 3.63) is 24.3 Å². The molecule has 2 bridgehead atoms. The lowest BCUT2D eigenvalue weighted by Gasteiger charge is -2.60. The molecular weight excluding hydrogens is 482 g/mol. The second kappa shape index (κ2) is 9.66. The lowest BCUT2D eigenvalue weighted by Crippen LogP contribution is -2.70. The largest absolute Gasteiger partial charge is 0.346 e. The average Bonchev–Trinajstić information content (AvgIpc) is 3.06. The molecule has 1 spiro atoms. The van der Waals surface area contributed by atoms with Crippen LogP contribution in [0, 0.1) is 23.7 Å². The molecule has 1 amide bonds. The van der Waals surface area contributed by atoms with Crippen LogP contribution in [0.5, 0.6) is 0 Å². The number of hydrogen-bond donors (Lipinski definition) is 1. The van der Waals surface area contributed by atoms with Gasteiger partial charge in [-0.3, -0.25) is 4.79 Å². The summed E-state index contributed by atoms with van der Waals surface area (Å²) in [5, 5.41) is 2.83. The molecule has 1 aromatic rings. The zero-order valence-electron chi connectivity index (χ0n) is 21.7. The molecule has 1 saturated carbocycles. The second-order valence-electron chi connectivity index (χ2n) is 11.3. The van der Waals surface area contributed by atoms with Gasteiger partial charge in [-0.2, -0.15) is 0 Å². The van der Waals surface area contributed by atoms with Gasteiger partial charge in [-0.25, -0.2) is 18.2 Å². The highest BCUT2D eigenvalue weighted by Gasteiger charge is 2.69. The first-order valence-corrected chi connectivity index (χ1v) is 15.1. The van der Waals surface area contributed by atoms with E-state index in [0.717, 1.165) is 25.7 Å². The Morgan fingerprint density at radius 2 is 1.89 bits per heavy atom. The highest BCUT2D eigenvalue weighted by molar-refractivity contribution is 7.91. The first-order chi connectivity index (χ1) is 17.1. The number of anilines is 1. The summed E-state index contributed by atoms with van der Waals surface area (Å²) >= 11 is 0. The fourth-order valence-corrected chi connectivity index (χ4v) is 8.51. The summed E-state index contributed by atoms with van der Waals surface area (Å²) < 4.78 is 38.3. The van der Waals surface area contributed by atoms with E-state index in [1.165, 1.54) is 0 Å². The molecule has 0 radical (unpaired) electrons. The van der Waals surface area contributed by atoms with Crippen LogP contribution in [0.3, 0.4) is 0 Å². The number of fused-ring (bicyclic) bond motifs is 2. The molecule has 1 N–H and O–H groups in total. The Labute approximate surface area is 214 Å². The Bertz CT molecular complexity index is 1090. The molecule has 36 heavy (non-hydrogen) atoms. The van der Waals surface area contributed by atoms with Gasteiger partial charge in [0.1, 0.15) is 0 Å². The SMILES string of the molecule is CCCS(=O)(=O)c1ccccc1NC(=O)CC[C@H]1O[C@@H]2O[C@]3(C)CC[C@H]4[C@H](C)CC[C@@H]([C@H]1C)[C@@]24OO3. The number of amides is 1. The van der Waals surface area contributed by atoms with Crippen LogP contribution in [0.2, 0.25) is 0 Å². The van der Waals surface area contributed by atoms with E-state index < -0.39 is 27.5 Å². The van der Waals surface area contributed by atoms with Crippen molar-refractivity contribution >= 4 is 21.4 Å². The summed E-state index contributed by atoms with van der Waals surface area (Å²) in [6.45, 7) is 8.20. The predicted molar refractivity (Wildman–Crippen MR) is 133 cm³/mol. The van der Waals surface area contributed by atoms with Crippen molar-refractivity contribution in [1.82, 2.24) is 0 Å². The Hall–Kier alpha value is -1.52. The summed E-state index contributed by atoms with van der Waals surface area (Å²) in [7, 11) is -3.45. The van der Waals surface area contributed by atoms with Gasteiger partial charge in [0.05, 0.1) is 22.4 Å². The van der Waals surface area contributed by atoms with E-state index in [1.807, 2.05) is 13.8 Å². The Kier molecular flexibility index (Phi) is 7.00. The summed E-state index contributed by atoms with van der Waals surface area (Å²) in [4.78, 5) is 25.2. The van der Waals surface area contributed by atoms with Crippen LogP contribution in [0.25, 0.3) is 0 Å². The average molecular weight is 522 g/mol. The van der Waals surface area contributed by atoms with E-state index in [1.54, 1.807) is 24.3 Å². The number of benzene rings is 1. The van der Waals surface area contributed by atoms with Crippen LogP contribution in [-0.2, 0) is 33.9 Å². The number of ether oxygens (including phenoxy) is 2. The van der Waals surface area contributed by atoms with Crippen molar-refractivity contribution in [2.24, 2.45) is 23.7 Å². The number of carbonyl (C=O) groups excluding carboxylic acids is 1. The first-order valence-electron chi connectivity index (χ1n) is 13.4. The van der Waals surface area contributed by atoms with Crippen molar-refractivity contribution in [3.8, 4) is 0 Å². The molecule has 5 aliphatic rings. The van der Waals surface area contributed by atoms with Crippen molar-refractivity contribution in [1.29, 1.82) is 0 Å². The predicted octanol–water partition coefficient (Wildman–Crippen LogP) is 4.84. The number of sulfone groups is 1. The molecule has 9 heteroatoms. The molecular formula is C27H39NO7S.